The third kappa shape index (κ3) is 2.66. The van der Waals surface area contributed by atoms with Crippen molar-refractivity contribution >= 4 is 11.8 Å². The number of ether oxygens (including phenoxy) is 1. The van der Waals surface area contributed by atoms with Gasteiger partial charge >= 0.3 is 0 Å². The van der Waals surface area contributed by atoms with Gasteiger partial charge in [0, 0.05) is 13.7 Å². The van der Waals surface area contributed by atoms with Gasteiger partial charge in [-0.25, -0.2) is 0 Å². The van der Waals surface area contributed by atoms with Gasteiger partial charge in [-0.3, -0.25) is 9.59 Å². The van der Waals surface area contributed by atoms with Gasteiger partial charge in [0.15, 0.2) is 0 Å². The van der Waals surface area contributed by atoms with Crippen LogP contribution in [0, 0.1) is 5.92 Å². The Hall–Kier alpha value is -1.10. The molecule has 1 saturated heterocycles. The number of amides is 2. The first kappa shape index (κ1) is 13.3. The van der Waals surface area contributed by atoms with Crippen LogP contribution in [0.3, 0.4) is 0 Å². The number of nitrogens with zero attached hydrogens (tertiary/aromatic N) is 1. The van der Waals surface area contributed by atoms with Gasteiger partial charge in [-0.15, -0.1) is 0 Å². The molecular weight excluding hydrogens is 232 g/mol. The minimum absolute atomic E-state index is 0.00412. The average Bonchev–Trinajstić information content (AvgIpc) is 3.17. The van der Waals surface area contributed by atoms with Gasteiger partial charge in [0.05, 0.1) is 6.61 Å². The Morgan fingerprint density at radius 1 is 1.39 bits per heavy atom. The molecule has 102 valence electrons. The molecule has 0 spiro atoms. The van der Waals surface area contributed by atoms with Crippen LogP contribution in [0.4, 0.5) is 0 Å². The summed E-state index contributed by atoms with van der Waals surface area (Å²) in [5.41, 5.74) is 0. The molecule has 5 heteroatoms. The van der Waals surface area contributed by atoms with Crippen LogP contribution in [0.15, 0.2) is 0 Å². The van der Waals surface area contributed by atoms with Gasteiger partial charge in [0.2, 0.25) is 11.8 Å². The van der Waals surface area contributed by atoms with Crippen LogP contribution in [0.5, 0.6) is 0 Å². The number of hydrogen-bond donors (Lipinski definition) is 1. The highest BCUT2D eigenvalue weighted by Gasteiger charge is 2.46. The van der Waals surface area contributed by atoms with Crippen LogP contribution in [0.1, 0.15) is 32.6 Å². The Bertz CT molecular complexity index is 328. The van der Waals surface area contributed by atoms with Crippen molar-refractivity contribution < 1.29 is 14.3 Å². The summed E-state index contributed by atoms with van der Waals surface area (Å²) in [5, 5.41) is 2.90. The van der Waals surface area contributed by atoms with Gasteiger partial charge in [0.1, 0.15) is 12.1 Å². The smallest absolute Gasteiger partial charge is 0.246 e. The van der Waals surface area contributed by atoms with E-state index in [0.29, 0.717) is 19.1 Å². The predicted molar refractivity (Wildman–Crippen MR) is 66.9 cm³/mol. The fourth-order valence-electron chi connectivity index (χ4n) is 2.55. The van der Waals surface area contributed by atoms with Crippen LogP contribution in [-0.4, -0.2) is 49.1 Å². The fourth-order valence-corrected chi connectivity index (χ4v) is 2.55. The van der Waals surface area contributed by atoms with Crippen molar-refractivity contribution in [3.63, 3.8) is 0 Å². The number of rotatable bonds is 6. The lowest BCUT2D eigenvalue weighted by Crippen LogP contribution is -2.64. The summed E-state index contributed by atoms with van der Waals surface area (Å²) >= 11 is 0. The van der Waals surface area contributed by atoms with Gasteiger partial charge in [-0.2, -0.15) is 0 Å². The normalized spacial score (nSPS) is 28.4. The lowest BCUT2D eigenvalue weighted by atomic mass is 10.0. The van der Waals surface area contributed by atoms with E-state index in [1.807, 2.05) is 6.92 Å². The van der Waals surface area contributed by atoms with E-state index in [2.05, 4.69) is 5.32 Å². The third-order valence-corrected chi connectivity index (χ3v) is 3.72. The molecule has 2 atom stereocenters. The van der Waals surface area contributed by atoms with E-state index in [0.717, 1.165) is 25.7 Å². The van der Waals surface area contributed by atoms with E-state index < -0.39 is 0 Å². The fraction of sp³-hybridized carbons (Fsp3) is 0.846. The summed E-state index contributed by atoms with van der Waals surface area (Å²) < 4.78 is 5.04. The molecule has 2 rings (SSSR count). The first-order valence-corrected chi connectivity index (χ1v) is 6.78. The van der Waals surface area contributed by atoms with Crippen LogP contribution in [-0.2, 0) is 14.3 Å². The number of hydrogen-bond acceptors (Lipinski definition) is 3. The maximum atomic E-state index is 12.4. The highest BCUT2D eigenvalue weighted by atomic mass is 16.5. The lowest BCUT2D eigenvalue weighted by Gasteiger charge is -2.39. The second kappa shape index (κ2) is 5.69. The third-order valence-electron chi connectivity index (χ3n) is 3.72. The molecule has 0 aromatic carbocycles. The monoisotopic (exact) mass is 254 g/mol. The first-order chi connectivity index (χ1) is 8.69. The molecule has 2 aliphatic rings. The predicted octanol–water partition coefficient (Wildman–Crippen LogP) is 0.539. The highest BCUT2D eigenvalue weighted by molar-refractivity contribution is 5.97. The summed E-state index contributed by atoms with van der Waals surface area (Å²) in [6.07, 6.45) is 3.71. The van der Waals surface area contributed by atoms with Crippen molar-refractivity contribution in [1.82, 2.24) is 10.2 Å². The summed E-state index contributed by atoms with van der Waals surface area (Å²) in [5.74, 6) is 0.436. The number of carbonyl (C=O) groups excluding carboxylic acids is 2. The Balaban J connectivity index is 2.09. The van der Waals surface area contributed by atoms with E-state index in [-0.39, 0.29) is 23.9 Å². The highest BCUT2D eigenvalue weighted by Crippen LogP contribution is 2.35. The largest absolute Gasteiger partial charge is 0.383 e. The maximum absolute atomic E-state index is 12.4. The van der Waals surface area contributed by atoms with Crippen LogP contribution in [0.25, 0.3) is 0 Å². The Morgan fingerprint density at radius 2 is 2.11 bits per heavy atom. The quantitative estimate of drug-likeness (QED) is 0.752. The van der Waals surface area contributed by atoms with Gasteiger partial charge in [0.25, 0.3) is 0 Å². The number of carbonyl (C=O) groups is 2. The van der Waals surface area contributed by atoms with E-state index in [4.69, 9.17) is 4.74 Å². The molecule has 2 unspecified atom stereocenters. The molecule has 1 aliphatic carbocycles. The SMILES string of the molecule is CCCC1C(=O)NC(C2CC2)C(=O)N1CCOC. The number of piperazine rings is 1. The van der Waals surface area contributed by atoms with Crippen molar-refractivity contribution in [2.45, 2.75) is 44.7 Å². The van der Waals surface area contributed by atoms with Crippen LogP contribution < -0.4 is 5.32 Å². The maximum Gasteiger partial charge on any atom is 0.246 e. The van der Waals surface area contributed by atoms with Gasteiger partial charge in [-0.05, 0) is 25.2 Å². The minimum atomic E-state index is -0.312. The molecule has 0 aromatic heterocycles. The van der Waals surface area contributed by atoms with E-state index in [1.165, 1.54) is 0 Å². The Kier molecular flexibility index (Phi) is 4.22. The number of nitrogens with one attached hydrogen (secondary N) is 1. The molecule has 18 heavy (non-hydrogen) atoms. The molecule has 1 aliphatic heterocycles. The summed E-state index contributed by atoms with van der Waals surface area (Å²) in [7, 11) is 1.61. The molecule has 1 N–H and O–H groups in total. The van der Waals surface area contributed by atoms with Crippen molar-refractivity contribution in [3.8, 4) is 0 Å². The second-order valence-corrected chi connectivity index (χ2v) is 5.15. The van der Waals surface area contributed by atoms with Crippen LogP contribution >= 0.6 is 0 Å². The van der Waals surface area contributed by atoms with E-state index in [9.17, 15) is 9.59 Å². The van der Waals surface area contributed by atoms with Gasteiger partial charge < -0.3 is 15.0 Å². The molecule has 2 fully saturated rings. The van der Waals surface area contributed by atoms with Crippen molar-refractivity contribution in [2.24, 2.45) is 5.92 Å². The average molecular weight is 254 g/mol. The zero-order valence-corrected chi connectivity index (χ0v) is 11.1. The second-order valence-electron chi connectivity index (χ2n) is 5.15. The number of methoxy groups -OCH3 is 1. The Morgan fingerprint density at radius 3 is 2.67 bits per heavy atom. The molecule has 0 aromatic rings. The van der Waals surface area contributed by atoms with Gasteiger partial charge in [-0.1, -0.05) is 13.3 Å². The molecular formula is C13H22N2O3. The van der Waals surface area contributed by atoms with Crippen LogP contribution in [0.2, 0.25) is 0 Å². The topological polar surface area (TPSA) is 58.6 Å². The minimum Gasteiger partial charge on any atom is -0.383 e. The molecule has 1 heterocycles. The lowest BCUT2D eigenvalue weighted by molar-refractivity contribution is -0.151. The molecule has 5 nitrogen and oxygen atoms in total. The summed E-state index contributed by atoms with van der Waals surface area (Å²) in [4.78, 5) is 26.2. The standard InChI is InChI=1S/C13H22N2O3/c1-3-4-10-12(16)14-11(9-5-6-9)13(17)15(10)7-8-18-2/h9-11H,3-8H2,1-2H3,(H,14,16). The van der Waals surface area contributed by atoms with Crippen molar-refractivity contribution in [3.05, 3.63) is 0 Å². The zero-order valence-electron chi connectivity index (χ0n) is 11.1. The first-order valence-electron chi connectivity index (χ1n) is 6.78. The summed E-state index contributed by atoms with van der Waals surface area (Å²) in [6.45, 7) is 3.02. The molecule has 0 radical (unpaired) electrons. The summed E-state index contributed by atoms with van der Waals surface area (Å²) in [6, 6.07) is -0.602. The van der Waals surface area contributed by atoms with E-state index >= 15 is 0 Å². The molecule has 0 bridgehead atoms. The van der Waals surface area contributed by atoms with Crippen molar-refractivity contribution in [1.29, 1.82) is 0 Å². The molecule has 2 amide bonds. The molecule has 1 saturated carbocycles. The van der Waals surface area contributed by atoms with Crippen molar-refractivity contribution in [2.75, 3.05) is 20.3 Å². The zero-order chi connectivity index (χ0) is 13.1. The van der Waals surface area contributed by atoms with E-state index in [1.54, 1.807) is 12.0 Å². The Labute approximate surface area is 108 Å².